The molecule has 0 aliphatic rings. The first kappa shape index (κ1) is 20.7. The molecular formula is C16H9F5N2O5. The molecule has 0 heterocycles. The molecule has 0 aromatic heterocycles. The summed E-state index contributed by atoms with van der Waals surface area (Å²) in [5, 5.41) is 12.4. The van der Waals surface area contributed by atoms with E-state index in [0.717, 1.165) is 6.07 Å². The predicted molar refractivity (Wildman–Crippen MR) is 83.0 cm³/mol. The van der Waals surface area contributed by atoms with Crippen molar-refractivity contribution in [3.05, 3.63) is 68.5 Å². The van der Waals surface area contributed by atoms with Crippen LogP contribution in [0.3, 0.4) is 0 Å². The van der Waals surface area contributed by atoms with Gasteiger partial charge in [0.25, 0.3) is 11.6 Å². The monoisotopic (exact) mass is 404 g/mol. The number of nitro groups is 1. The van der Waals surface area contributed by atoms with Crippen molar-refractivity contribution in [1.29, 1.82) is 0 Å². The second kappa shape index (κ2) is 7.98. The van der Waals surface area contributed by atoms with E-state index in [1.165, 1.54) is 24.4 Å². The topological polar surface area (TPSA) is 98.5 Å². The van der Waals surface area contributed by atoms with Crippen LogP contribution in [0.15, 0.2) is 18.2 Å². The fourth-order valence-corrected chi connectivity index (χ4v) is 2.17. The summed E-state index contributed by atoms with van der Waals surface area (Å²) in [7, 11) is 0. The minimum atomic E-state index is -2.41. The third-order valence-electron chi connectivity index (χ3n) is 3.45. The van der Waals surface area contributed by atoms with E-state index in [1.54, 1.807) is 0 Å². The van der Waals surface area contributed by atoms with E-state index in [-0.39, 0.29) is 5.56 Å². The number of carbonyl (C=O) groups excluding carboxylic acids is 2. The largest absolute Gasteiger partial charge is 0.452 e. The number of nitrogens with zero attached hydrogens (tertiary/aromatic N) is 1. The summed E-state index contributed by atoms with van der Waals surface area (Å²) in [6, 6.07) is 3.72. The van der Waals surface area contributed by atoms with Crippen LogP contribution < -0.4 is 5.32 Å². The van der Waals surface area contributed by atoms with Gasteiger partial charge >= 0.3 is 5.97 Å². The molecule has 0 saturated carbocycles. The zero-order valence-electron chi connectivity index (χ0n) is 13.8. The molecule has 2 aromatic carbocycles. The van der Waals surface area contributed by atoms with Crippen molar-refractivity contribution in [3.8, 4) is 0 Å². The van der Waals surface area contributed by atoms with Crippen molar-refractivity contribution < 1.29 is 41.2 Å². The highest BCUT2D eigenvalue weighted by Crippen LogP contribution is 2.27. The molecule has 2 rings (SSSR count). The molecule has 0 bridgehead atoms. The number of nitrogens with one attached hydrogen (secondary N) is 1. The van der Waals surface area contributed by atoms with Crippen LogP contribution in [0, 0.1) is 46.1 Å². The fraction of sp³-hybridized carbons (Fsp3) is 0.125. The van der Waals surface area contributed by atoms with Crippen molar-refractivity contribution >= 4 is 23.3 Å². The Morgan fingerprint density at radius 2 is 1.57 bits per heavy atom. The van der Waals surface area contributed by atoms with Crippen molar-refractivity contribution in [2.24, 2.45) is 0 Å². The number of amides is 1. The summed E-state index contributed by atoms with van der Waals surface area (Å²) in [4.78, 5) is 33.8. The van der Waals surface area contributed by atoms with Crippen LogP contribution in [-0.2, 0) is 9.53 Å². The number of benzene rings is 2. The molecule has 1 N–H and O–H groups in total. The number of para-hydroxylation sites is 1. The summed E-state index contributed by atoms with van der Waals surface area (Å²) in [6.45, 7) is 0.147. The van der Waals surface area contributed by atoms with Gasteiger partial charge < -0.3 is 10.1 Å². The molecule has 0 aliphatic heterocycles. The molecule has 0 unspecified atom stereocenters. The molecule has 7 nitrogen and oxygen atoms in total. The van der Waals surface area contributed by atoms with Crippen LogP contribution in [0.1, 0.15) is 15.9 Å². The number of hydrogen-bond acceptors (Lipinski definition) is 5. The van der Waals surface area contributed by atoms with Gasteiger partial charge in [0.05, 0.1) is 4.92 Å². The van der Waals surface area contributed by atoms with Crippen molar-refractivity contribution in [2.45, 2.75) is 6.92 Å². The molecule has 0 atom stereocenters. The maximum atomic E-state index is 13.5. The van der Waals surface area contributed by atoms with Crippen LogP contribution >= 0.6 is 0 Å². The summed E-state index contributed by atoms with van der Waals surface area (Å²) in [5.74, 6) is -14.3. The summed E-state index contributed by atoms with van der Waals surface area (Å²) in [6.07, 6.45) is 0. The standard InChI is InChI=1S/C16H9F5N2O5/c1-6-3-2-4-7(15(6)23(26)27)16(25)28-5-8(24)22-14-12(20)10(18)9(17)11(19)13(14)21/h2-4H,5H2,1H3,(H,22,24). The Balaban J connectivity index is 2.16. The average molecular weight is 404 g/mol. The van der Waals surface area contributed by atoms with Gasteiger partial charge in [-0.05, 0) is 13.0 Å². The van der Waals surface area contributed by atoms with E-state index in [0.29, 0.717) is 0 Å². The van der Waals surface area contributed by atoms with Gasteiger partial charge in [-0.2, -0.15) is 0 Å². The van der Waals surface area contributed by atoms with Crippen LogP contribution in [0.5, 0.6) is 0 Å². The molecule has 148 valence electrons. The molecule has 1 amide bonds. The Hall–Kier alpha value is -3.57. The SMILES string of the molecule is Cc1cccc(C(=O)OCC(=O)Nc2c(F)c(F)c(F)c(F)c2F)c1[N+](=O)[O-]. The summed E-state index contributed by atoms with van der Waals surface area (Å²) >= 11 is 0. The molecule has 0 spiro atoms. The number of hydrogen-bond donors (Lipinski definition) is 1. The number of carbonyl (C=O) groups is 2. The van der Waals surface area contributed by atoms with Crippen molar-refractivity contribution in [3.63, 3.8) is 0 Å². The summed E-state index contributed by atoms with van der Waals surface area (Å²) < 4.78 is 70.6. The predicted octanol–water partition coefficient (Wildman–Crippen LogP) is 3.39. The van der Waals surface area contributed by atoms with Gasteiger partial charge in [-0.25, -0.2) is 26.7 Å². The number of ether oxygens (including phenoxy) is 1. The van der Waals surface area contributed by atoms with Crippen LogP contribution in [-0.4, -0.2) is 23.4 Å². The first-order valence-electron chi connectivity index (χ1n) is 7.28. The lowest BCUT2D eigenvalue weighted by atomic mass is 10.1. The highest BCUT2D eigenvalue weighted by molar-refractivity contribution is 5.98. The van der Waals surface area contributed by atoms with Gasteiger partial charge in [-0.3, -0.25) is 14.9 Å². The van der Waals surface area contributed by atoms with E-state index in [1.807, 2.05) is 0 Å². The molecule has 0 fully saturated rings. The number of aryl methyl sites for hydroxylation is 1. The van der Waals surface area contributed by atoms with Crippen LogP contribution in [0.4, 0.5) is 33.3 Å². The summed E-state index contributed by atoms with van der Waals surface area (Å²) in [5.41, 5.74) is -2.56. The number of esters is 1. The normalized spacial score (nSPS) is 10.5. The Morgan fingerprint density at radius 3 is 2.11 bits per heavy atom. The van der Waals surface area contributed by atoms with E-state index in [2.05, 4.69) is 4.74 Å². The maximum absolute atomic E-state index is 13.5. The van der Waals surface area contributed by atoms with Gasteiger partial charge in [0, 0.05) is 5.56 Å². The zero-order valence-corrected chi connectivity index (χ0v) is 13.8. The molecular weight excluding hydrogens is 395 g/mol. The van der Waals surface area contributed by atoms with E-state index < -0.39 is 69.4 Å². The zero-order chi connectivity index (χ0) is 21.2. The molecule has 12 heteroatoms. The molecule has 0 saturated heterocycles. The Bertz CT molecular complexity index is 967. The first-order chi connectivity index (χ1) is 13.1. The van der Waals surface area contributed by atoms with Crippen molar-refractivity contribution in [2.75, 3.05) is 11.9 Å². The smallest absolute Gasteiger partial charge is 0.345 e. The maximum Gasteiger partial charge on any atom is 0.345 e. The lowest BCUT2D eigenvalue weighted by molar-refractivity contribution is -0.385. The minimum absolute atomic E-state index is 0.130. The van der Waals surface area contributed by atoms with Crippen LogP contribution in [0.2, 0.25) is 0 Å². The number of rotatable bonds is 5. The van der Waals surface area contributed by atoms with E-state index in [9.17, 15) is 41.7 Å². The van der Waals surface area contributed by atoms with E-state index in [4.69, 9.17) is 0 Å². The van der Waals surface area contributed by atoms with Crippen LogP contribution in [0.25, 0.3) is 0 Å². The molecule has 28 heavy (non-hydrogen) atoms. The lowest BCUT2D eigenvalue weighted by Crippen LogP contribution is -2.23. The quantitative estimate of drug-likeness (QED) is 0.206. The Labute approximate surface area is 152 Å². The third kappa shape index (κ3) is 3.89. The average Bonchev–Trinajstić information content (AvgIpc) is 2.65. The van der Waals surface area contributed by atoms with Crippen molar-refractivity contribution in [1.82, 2.24) is 0 Å². The highest BCUT2D eigenvalue weighted by atomic mass is 19.2. The number of halogens is 5. The molecule has 0 radical (unpaired) electrons. The minimum Gasteiger partial charge on any atom is -0.452 e. The molecule has 2 aromatic rings. The van der Waals surface area contributed by atoms with Gasteiger partial charge in [0.2, 0.25) is 5.82 Å². The Kier molecular flexibility index (Phi) is 5.91. The fourth-order valence-electron chi connectivity index (χ4n) is 2.17. The van der Waals surface area contributed by atoms with Gasteiger partial charge in [-0.1, -0.05) is 12.1 Å². The van der Waals surface area contributed by atoms with E-state index >= 15 is 0 Å². The first-order valence-corrected chi connectivity index (χ1v) is 7.28. The van der Waals surface area contributed by atoms with Gasteiger partial charge in [-0.15, -0.1) is 0 Å². The number of nitro benzene ring substituents is 1. The third-order valence-corrected chi connectivity index (χ3v) is 3.45. The lowest BCUT2D eigenvalue weighted by Gasteiger charge is -2.10. The van der Waals surface area contributed by atoms with Gasteiger partial charge in [0.15, 0.2) is 29.9 Å². The van der Waals surface area contributed by atoms with Gasteiger partial charge in [0.1, 0.15) is 11.3 Å². The molecule has 0 aliphatic carbocycles. The number of anilines is 1. The highest BCUT2D eigenvalue weighted by Gasteiger charge is 2.28. The Morgan fingerprint density at radius 1 is 1.04 bits per heavy atom. The second-order valence-corrected chi connectivity index (χ2v) is 5.30. The second-order valence-electron chi connectivity index (χ2n) is 5.30.